The van der Waals surface area contributed by atoms with Gasteiger partial charge in [-0.25, -0.2) is 4.39 Å². The summed E-state index contributed by atoms with van der Waals surface area (Å²) in [6, 6.07) is 13.8. The van der Waals surface area contributed by atoms with Crippen LogP contribution in [0.4, 0.5) is 10.3 Å². The summed E-state index contributed by atoms with van der Waals surface area (Å²) in [7, 11) is 0. The number of nitrogens with one attached hydrogen (secondary N) is 1. The predicted octanol–water partition coefficient (Wildman–Crippen LogP) is 1.72. The molecule has 118 valence electrons. The average Bonchev–Trinajstić information content (AvgIpc) is 2.98. The molecule has 8 heteroatoms. The first-order valence-corrected chi connectivity index (χ1v) is 6.94. The zero-order chi connectivity index (χ0) is 16.1. The molecule has 7 nitrogen and oxygen atoms in total. The van der Waals surface area contributed by atoms with Crippen LogP contribution in [0.2, 0.25) is 0 Å². The van der Waals surface area contributed by atoms with Crippen LogP contribution in [0.1, 0.15) is 11.1 Å². The number of nitrogens with two attached hydrogens (primary N) is 1. The highest BCUT2D eigenvalue weighted by Gasteiger charge is 2.02. The lowest BCUT2D eigenvalue weighted by Gasteiger charge is -2.09. The van der Waals surface area contributed by atoms with Gasteiger partial charge in [-0.2, -0.15) is 0 Å². The molecule has 0 saturated carbocycles. The lowest BCUT2D eigenvalue weighted by Crippen LogP contribution is -2.18. The van der Waals surface area contributed by atoms with Gasteiger partial charge in [-0.3, -0.25) is 0 Å². The van der Waals surface area contributed by atoms with E-state index in [1.807, 2.05) is 24.3 Å². The number of halogens is 1. The zero-order valence-electron chi connectivity index (χ0n) is 12.2. The predicted molar refractivity (Wildman–Crippen MR) is 82.5 cm³/mol. The topological polar surface area (TPSA) is 90.9 Å². The molecule has 0 saturated heterocycles. The van der Waals surface area contributed by atoms with E-state index >= 15 is 0 Å². The highest BCUT2D eigenvalue weighted by atomic mass is 19.1. The van der Waals surface area contributed by atoms with Crippen LogP contribution in [0, 0.1) is 5.82 Å². The summed E-state index contributed by atoms with van der Waals surface area (Å²) < 4.78 is 18.6. The van der Waals surface area contributed by atoms with Gasteiger partial charge in [0.25, 0.3) is 5.95 Å². The Bertz CT molecular complexity index is 774. The van der Waals surface area contributed by atoms with Crippen molar-refractivity contribution in [1.29, 1.82) is 0 Å². The van der Waals surface area contributed by atoms with E-state index in [2.05, 4.69) is 21.0 Å². The Kier molecular flexibility index (Phi) is 4.32. The summed E-state index contributed by atoms with van der Waals surface area (Å²) in [5, 5.41) is 10.7. The van der Waals surface area contributed by atoms with Crippen molar-refractivity contribution in [3.8, 4) is 5.75 Å². The fourth-order valence-electron chi connectivity index (χ4n) is 1.97. The molecule has 2 aromatic carbocycles. The Hall–Kier alpha value is -3.16. The highest BCUT2D eigenvalue weighted by Crippen LogP contribution is 2.15. The van der Waals surface area contributed by atoms with Crippen molar-refractivity contribution in [2.75, 3.05) is 11.2 Å². The molecule has 0 aliphatic heterocycles. The molecule has 3 aromatic rings. The Labute approximate surface area is 131 Å². The first-order chi connectivity index (χ1) is 11.2. The summed E-state index contributed by atoms with van der Waals surface area (Å²) in [6.07, 6.45) is 0. The first-order valence-electron chi connectivity index (χ1n) is 6.94. The van der Waals surface area contributed by atoms with Crippen molar-refractivity contribution in [2.45, 2.75) is 13.2 Å². The maximum absolute atomic E-state index is 12.9. The fourth-order valence-corrected chi connectivity index (χ4v) is 1.97. The molecule has 0 atom stereocenters. The summed E-state index contributed by atoms with van der Waals surface area (Å²) in [6.45, 7) is 0.861. The number of rotatable bonds is 6. The summed E-state index contributed by atoms with van der Waals surface area (Å²) in [5.74, 6) is 0.649. The normalized spacial score (nSPS) is 10.5. The van der Waals surface area contributed by atoms with E-state index in [9.17, 15) is 4.39 Å². The minimum absolute atomic E-state index is 0.189. The first kappa shape index (κ1) is 14.8. The van der Waals surface area contributed by atoms with Crippen LogP contribution in [0.25, 0.3) is 0 Å². The second-order valence-electron chi connectivity index (χ2n) is 4.85. The molecular weight excluding hydrogens is 299 g/mol. The van der Waals surface area contributed by atoms with Crippen LogP contribution in [0.15, 0.2) is 48.5 Å². The fraction of sp³-hybridized carbons (Fsp3) is 0.133. The number of ether oxygens (including phenoxy) is 1. The molecule has 0 fully saturated rings. The van der Waals surface area contributed by atoms with Crippen LogP contribution in [0.3, 0.4) is 0 Å². The Morgan fingerprint density at radius 2 is 1.96 bits per heavy atom. The van der Waals surface area contributed by atoms with E-state index < -0.39 is 0 Å². The van der Waals surface area contributed by atoms with Crippen molar-refractivity contribution >= 4 is 5.95 Å². The number of tetrazole rings is 1. The van der Waals surface area contributed by atoms with E-state index in [0.29, 0.717) is 13.2 Å². The average molecular weight is 314 g/mol. The second kappa shape index (κ2) is 6.73. The van der Waals surface area contributed by atoms with Crippen molar-refractivity contribution in [3.05, 3.63) is 65.5 Å². The van der Waals surface area contributed by atoms with Gasteiger partial charge in [0, 0.05) is 0 Å². The molecule has 0 aliphatic rings. The monoisotopic (exact) mass is 314 g/mol. The number of benzene rings is 2. The lowest BCUT2D eigenvalue weighted by atomic mass is 10.2. The van der Waals surface area contributed by atoms with Gasteiger partial charge in [-0.15, -0.1) is 4.79 Å². The van der Waals surface area contributed by atoms with E-state index in [1.54, 1.807) is 12.1 Å². The maximum atomic E-state index is 12.9. The number of hydrogen-bond acceptors (Lipinski definition) is 6. The molecule has 0 bridgehead atoms. The molecular formula is C15H15FN6O. The van der Waals surface area contributed by atoms with Gasteiger partial charge >= 0.3 is 0 Å². The Morgan fingerprint density at radius 1 is 1.13 bits per heavy atom. The molecule has 1 aromatic heterocycles. The summed E-state index contributed by atoms with van der Waals surface area (Å²) in [5.41, 5.74) is 10.4. The van der Waals surface area contributed by atoms with Crippen LogP contribution in [-0.2, 0) is 13.2 Å². The molecule has 0 aliphatic carbocycles. The third-order valence-electron chi connectivity index (χ3n) is 3.14. The Morgan fingerprint density at radius 3 is 2.70 bits per heavy atom. The SMILES string of the molecule is Nc1nnnn1NCc1cccc(OCc2ccc(F)cc2)c1. The largest absolute Gasteiger partial charge is 0.489 e. The molecule has 3 rings (SSSR count). The third-order valence-corrected chi connectivity index (χ3v) is 3.14. The van der Waals surface area contributed by atoms with Crippen molar-refractivity contribution in [2.24, 2.45) is 0 Å². The smallest absolute Gasteiger partial charge is 0.260 e. The quantitative estimate of drug-likeness (QED) is 0.720. The van der Waals surface area contributed by atoms with E-state index in [-0.39, 0.29) is 11.8 Å². The molecule has 0 unspecified atom stereocenters. The molecule has 1 heterocycles. The third kappa shape index (κ3) is 3.94. The molecule has 3 N–H and O–H groups in total. The van der Waals surface area contributed by atoms with Gasteiger partial charge in [-0.05, 0) is 45.8 Å². The molecule has 23 heavy (non-hydrogen) atoms. The van der Waals surface area contributed by atoms with Crippen molar-refractivity contribution in [1.82, 2.24) is 20.3 Å². The zero-order valence-corrected chi connectivity index (χ0v) is 12.2. The van der Waals surface area contributed by atoms with Crippen LogP contribution >= 0.6 is 0 Å². The van der Waals surface area contributed by atoms with E-state index in [4.69, 9.17) is 10.5 Å². The van der Waals surface area contributed by atoms with Gasteiger partial charge in [-0.1, -0.05) is 29.4 Å². The summed E-state index contributed by atoms with van der Waals surface area (Å²) in [4.78, 5) is 1.30. The van der Waals surface area contributed by atoms with E-state index in [1.165, 1.54) is 16.9 Å². The van der Waals surface area contributed by atoms with Crippen molar-refractivity contribution in [3.63, 3.8) is 0 Å². The summed E-state index contributed by atoms with van der Waals surface area (Å²) >= 11 is 0. The number of nitrogens with zero attached hydrogens (tertiary/aromatic N) is 4. The van der Waals surface area contributed by atoms with Gasteiger partial charge in [0.05, 0.1) is 6.54 Å². The van der Waals surface area contributed by atoms with Gasteiger partial charge in [0.2, 0.25) is 0 Å². The number of aromatic nitrogens is 4. The minimum atomic E-state index is -0.260. The van der Waals surface area contributed by atoms with Crippen LogP contribution < -0.4 is 15.9 Å². The standard InChI is InChI=1S/C15H15FN6O/c16-13-6-4-11(5-7-13)10-23-14-3-1-2-12(8-14)9-18-22-15(17)19-20-21-22/h1-8,18H,9-10H2,(H2,17,19,21). The molecule has 0 amide bonds. The highest BCUT2D eigenvalue weighted by molar-refractivity contribution is 5.29. The minimum Gasteiger partial charge on any atom is -0.489 e. The maximum Gasteiger partial charge on any atom is 0.260 e. The number of nitrogen functional groups attached to an aromatic ring is 1. The Balaban J connectivity index is 1.58. The van der Waals surface area contributed by atoms with Crippen molar-refractivity contribution < 1.29 is 9.13 Å². The number of anilines is 1. The van der Waals surface area contributed by atoms with Gasteiger partial charge in [0.1, 0.15) is 18.2 Å². The molecule has 0 radical (unpaired) electrons. The number of hydrogen-bond donors (Lipinski definition) is 2. The molecule has 0 spiro atoms. The van der Waals surface area contributed by atoms with Gasteiger partial charge < -0.3 is 15.9 Å². The van der Waals surface area contributed by atoms with Crippen LogP contribution in [-0.4, -0.2) is 20.3 Å². The van der Waals surface area contributed by atoms with Gasteiger partial charge in [0.15, 0.2) is 0 Å². The van der Waals surface area contributed by atoms with Crippen LogP contribution in [0.5, 0.6) is 5.75 Å². The second-order valence-corrected chi connectivity index (χ2v) is 4.85. The van der Waals surface area contributed by atoms with E-state index in [0.717, 1.165) is 16.9 Å². The lowest BCUT2D eigenvalue weighted by molar-refractivity contribution is 0.306.